The molecule has 13 heavy (non-hydrogen) atoms. The SMILES string of the molecule is OP(O)OCOP1OCCO1.[W].[Y]. The molecule has 75 valence electrons. The van der Waals surface area contributed by atoms with E-state index in [4.69, 9.17) is 23.4 Å². The molecule has 0 aromatic heterocycles. The van der Waals surface area contributed by atoms with Gasteiger partial charge < -0.3 is 18.8 Å². The Labute approximate surface area is 118 Å². The zero-order valence-electron chi connectivity index (χ0n) is 6.53. The summed E-state index contributed by atoms with van der Waals surface area (Å²) in [4.78, 5) is 16.5. The summed E-state index contributed by atoms with van der Waals surface area (Å²) in [5.41, 5.74) is 0. The Balaban J connectivity index is 0. The van der Waals surface area contributed by atoms with E-state index in [0.717, 1.165) is 0 Å². The molecule has 1 radical (unpaired) electrons. The van der Waals surface area contributed by atoms with Gasteiger partial charge in [0, 0.05) is 53.8 Å². The van der Waals surface area contributed by atoms with Crippen LogP contribution in [-0.2, 0) is 71.9 Å². The third-order valence-corrected chi connectivity index (χ3v) is 2.24. The minimum atomic E-state index is -2.35. The molecule has 1 rings (SSSR count). The molecule has 0 saturated carbocycles. The van der Waals surface area contributed by atoms with Gasteiger partial charge in [-0.25, -0.2) is 0 Å². The van der Waals surface area contributed by atoms with Crippen molar-refractivity contribution >= 4 is 17.2 Å². The van der Waals surface area contributed by atoms with Crippen LogP contribution < -0.4 is 0 Å². The Kier molecular flexibility index (Phi) is 14.9. The molecule has 10 heteroatoms. The molecular weight excluding hydrogens is 467 g/mol. The summed E-state index contributed by atoms with van der Waals surface area (Å²) in [7, 11) is -3.66. The fraction of sp³-hybridized carbons (Fsp3) is 1.00. The van der Waals surface area contributed by atoms with E-state index in [1.165, 1.54) is 0 Å². The van der Waals surface area contributed by atoms with Crippen LogP contribution in [0, 0.1) is 0 Å². The predicted octanol–water partition coefficient (Wildman–Crippen LogP) is 0.457. The smallest absolute Gasteiger partial charge is 0.328 e. The van der Waals surface area contributed by atoms with Crippen LogP contribution in [0.4, 0.5) is 0 Å². The molecule has 1 heterocycles. The van der Waals surface area contributed by atoms with E-state index >= 15 is 0 Å². The second-order valence-electron chi connectivity index (χ2n) is 1.52. The average Bonchev–Trinajstić information content (AvgIpc) is 2.39. The Bertz CT molecular complexity index is 114. The van der Waals surface area contributed by atoms with Gasteiger partial charge in [-0.3, -0.25) is 9.05 Å². The topological polar surface area (TPSA) is 77.4 Å². The molecule has 0 aliphatic carbocycles. The molecule has 2 N–H and O–H groups in total. The van der Waals surface area contributed by atoms with Crippen LogP contribution in [0.2, 0.25) is 0 Å². The fourth-order valence-electron chi connectivity index (χ4n) is 0.449. The zero-order valence-corrected chi connectivity index (χ0v) is 14.1. The van der Waals surface area contributed by atoms with Crippen LogP contribution in [-0.4, -0.2) is 29.8 Å². The van der Waals surface area contributed by atoms with Gasteiger partial charge in [0.15, 0.2) is 6.79 Å². The molecular formula is C3H8O6P2WY. The maximum absolute atomic E-state index is 8.27. The van der Waals surface area contributed by atoms with Gasteiger partial charge in [-0.2, -0.15) is 0 Å². The van der Waals surface area contributed by atoms with Gasteiger partial charge in [0.1, 0.15) is 0 Å². The molecule has 1 aliphatic rings. The van der Waals surface area contributed by atoms with Crippen molar-refractivity contribution in [3.8, 4) is 0 Å². The van der Waals surface area contributed by atoms with Crippen LogP contribution in [0.5, 0.6) is 0 Å². The number of hydrogen-bond acceptors (Lipinski definition) is 6. The van der Waals surface area contributed by atoms with E-state index < -0.39 is 17.2 Å². The molecule has 1 aliphatic heterocycles. The van der Waals surface area contributed by atoms with E-state index in [-0.39, 0.29) is 60.6 Å². The van der Waals surface area contributed by atoms with Crippen LogP contribution in [0.15, 0.2) is 0 Å². The fourth-order valence-corrected chi connectivity index (χ4v) is 1.49. The van der Waals surface area contributed by atoms with Crippen LogP contribution in [0.25, 0.3) is 0 Å². The van der Waals surface area contributed by atoms with Crippen LogP contribution in [0.1, 0.15) is 0 Å². The van der Waals surface area contributed by atoms with Gasteiger partial charge >= 0.3 is 17.2 Å². The third-order valence-electron chi connectivity index (χ3n) is 0.803. The maximum atomic E-state index is 8.27. The van der Waals surface area contributed by atoms with E-state index in [1.807, 2.05) is 0 Å². The van der Waals surface area contributed by atoms with Gasteiger partial charge in [-0.05, 0) is 0 Å². The van der Waals surface area contributed by atoms with Crippen molar-refractivity contribution in [3.05, 3.63) is 0 Å². The van der Waals surface area contributed by atoms with Crippen molar-refractivity contribution in [3.63, 3.8) is 0 Å². The summed E-state index contributed by atoms with van der Waals surface area (Å²) in [5.74, 6) is 0. The summed E-state index contributed by atoms with van der Waals surface area (Å²) in [6.45, 7) is 0.807. The van der Waals surface area contributed by atoms with E-state index in [9.17, 15) is 0 Å². The van der Waals surface area contributed by atoms with Crippen molar-refractivity contribution in [2.45, 2.75) is 0 Å². The van der Waals surface area contributed by atoms with Gasteiger partial charge in [-0.1, -0.05) is 0 Å². The van der Waals surface area contributed by atoms with Gasteiger partial charge in [-0.15, -0.1) is 0 Å². The molecule has 1 fully saturated rings. The summed E-state index contributed by atoms with van der Waals surface area (Å²) in [6, 6.07) is 0. The van der Waals surface area contributed by atoms with Gasteiger partial charge in [0.25, 0.3) is 0 Å². The average molecular weight is 475 g/mol. The summed E-state index contributed by atoms with van der Waals surface area (Å²) >= 11 is 0. The minimum absolute atomic E-state index is 0. The molecule has 0 unspecified atom stereocenters. The molecule has 0 atom stereocenters. The Hall–Kier alpha value is 2.41. The minimum Gasteiger partial charge on any atom is -0.328 e. The molecule has 0 amide bonds. The predicted molar refractivity (Wildman–Crippen MR) is 37.2 cm³/mol. The van der Waals surface area contributed by atoms with E-state index in [2.05, 4.69) is 4.52 Å². The van der Waals surface area contributed by atoms with E-state index in [0.29, 0.717) is 13.2 Å². The quantitative estimate of drug-likeness (QED) is 0.455. The molecule has 0 aromatic rings. The molecule has 0 spiro atoms. The second-order valence-corrected chi connectivity index (χ2v) is 3.50. The van der Waals surface area contributed by atoms with Crippen molar-refractivity contribution < 1.29 is 81.7 Å². The molecule has 1 saturated heterocycles. The monoisotopic (exact) mass is 475 g/mol. The normalized spacial score (nSPS) is 16.8. The summed E-state index contributed by atoms with van der Waals surface area (Å²) in [5, 5.41) is 0. The van der Waals surface area contributed by atoms with Crippen LogP contribution in [0.3, 0.4) is 0 Å². The molecule has 6 nitrogen and oxygen atoms in total. The number of hydrogen-bond donors (Lipinski definition) is 2. The van der Waals surface area contributed by atoms with Crippen molar-refractivity contribution in [1.29, 1.82) is 0 Å². The first kappa shape index (κ1) is 17.8. The van der Waals surface area contributed by atoms with Crippen molar-refractivity contribution in [2.24, 2.45) is 0 Å². The van der Waals surface area contributed by atoms with E-state index in [1.54, 1.807) is 0 Å². The standard InChI is InChI=1S/C3H8O6P2.W.Y/c4-10(5)8-3-9-11-6-1-2-7-11;;/h4-5H,1-3H2;;. The largest absolute Gasteiger partial charge is 0.335 e. The van der Waals surface area contributed by atoms with Gasteiger partial charge in [0.2, 0.25) is 0 Å². The Morgan fingerprint density at radius 2 is 1.85 bits per heavy atom. The first-order valence-corrected chi connectivity index (χ1v) is 5.05. The van der Waals surface area contributed by atoms with Crippen molar-refractivity contribution in [2.75, 3.05) is 20.0 Å². The second kappa shape index (κ2) is 10.9. The zero-order chi connectivity index (χ0) is 8.10. The molecule has 0 bridgehead atoms. The van der Waals surface area contributed by atoms with Gasteiger partial charge in [0.05, 0.1) is 13.2 Å². The Morgan fingerprint density at radius 3 is 2.31 bits per heavy atom. The first-order chi connectivity index (χ1) is 5.29. The summed E-state index contributed by atoms with van der Waals surface area (Å²) < 4.78 is 19.0. The summed E-state index contributed by atoms with van der Waals surface area (Å²) in [6.07, 6.45) is 0. The Morgan fingerprint density at radius 1 is 1.31 bits per heavy atom. The maximum Gasteiger partial charge on any atom is 0.335 e. The van der Waals surface area contributed by atoms with Crippen molar-refractivity contribution in [1.82, 2.24) is 0 Å². The van der Waals surface area contributed by atoms with Crippen LogP contribution >= 0.6 is 17.2 Å². The third kappa shape index (κ3) is 9.35. The molecule has 0 aromatic carbocycles. The number of rotatable bonds is 4. The first-order valence-electron chi connectivity index (χ1n) is 2.78.